The molecule has 6 nitrogen and oxygen atoms in total. The number of halogens is 1. The monoisotopic (exact) mass is 376 g/mol. The number of alkyl halides is 1. The molecular formula is C20H21FO6. The minimum absolute atomic E-state index is 0. The predicted octanol–water partition coefficient (Wildman–Crippen LogP) is 2.37. The fourth-order valence-electron chi connectivity index (χ4n) is 2.69. The van der Waals surface area contributed by atoms with E-state index >= 15 is 0 Å². The van der Waals surface area contributed by atoms with Gasteiger partial charge in [0, 0.05) is 6.42 Å². The summed E-state index contributed by atoms with van der Waals surface area (Å²) in [4.78, 5) is 24.1. The molecule has 1 heterocycles. The Hall–Kier alpha value is -2.77. The Morgan fingerprint density at radius 3 is 2.11 bits per heavy atom. The molecule has 27 heavy (non-hydrogen) atoms. The van der Waals surface area contributed by atoms with Gasteiger partial charge in [-0.25, -0.2) is 14.0 Å². The smallest absolute Gasteiger partial charge is 0.338 e. The second-order valence-electron chi connectivity index (χ2n) is 5.92. The van der Waals surface area contributed by atoms with Crippen molar-refractivity contribution in [1.82, 2.24) is 0 Å². The number of hydrogen-bond acceptors (Lipinski definition) is 5. The number of hydrogen-bond donors (Lipinski definition) is 0. The van der Waals surface area contributed by atoms with E-state index in [1.807, 2.05) is 0 Å². The molecule has 0 unspecified atom stereocenters. The second-order valence-corrected chi connectivity index (χ2v) is 5.92. The van der Waals surface area contributed by atoms with Gasteiger partial charge in [0.2, 0.25) is 0 Å². The third kappa shape index (κ3) is 5.35. The van der Waals surface area contributed by atoms with Crippen molar-refractivity contribution in [2.24, 2.45) is 0 Å². The normalized spacial score (nSPS) is 21.6. The lowest BCUT2D eigenvalue weighted by Gasteiger charge is -2.32. The van der Waals surface area contributed by atoms with Crippen molar-refractivity contribution < 1.29 is 33.7 Å². The summed E-state index contributed by atoms with van der Waals surface area (Å²) in [5.74, 6) is -1.13. The van der Waals surface area contributed by atoms with Crippen LogP contribution in [0.15, 0.2) is 60.7 Å². The van der Waals surface area contributed by atoms with Crippen LogP contribution in [-0.4, -0.2) is 49.0 Å². The van der Waals surface area contributed by atoms with Crippen LogP contribution in [0.4, 0.5) is 4.39 Å². The molecule has 1 aliphatic rings. The van der Waals surface area contributed by atoms with E-state index in [4.69, 9.17) is 14.2 Å². The van der Waals surface area contributed by atoms with Gasteiger partial charge in [0.15, 0.2) is 6.17 Å². The molecule has 1 saturated heterocycles. The van der Waals surface area contributed by atoms with Gasteiger partial charge in [-0.15, -0.1) is 0 Å². The maximum absolute atomic E-state index is 14.6. The van der Waals surface area contributed by atoms with E-state index in [1.165, 1.54) is 0 Å². The Labute approximate surface area is 156 Å². The molecule has 0 saturated carbocycles. The number of esters is 2. The average Bonchev–Trinajstić information content (AvgIpc) is 2.69. The topological polar surface area (TPSA) is 93.3 Å². The third-order valence-electron chi connectivity index (χ3n) is 4.10. The van der Waals surface area contributed by atoms with Crippen LogP contribution in [0.3, 0.4) is 0 Å². The lowest BCUT2D eigenvalue weighted by atomic mass is 10.0. The number of benzene rings is 2. The first-order valence-corrected chi connectivity index (χ1v) is 8.39. The largest absolute Gasteiger partial charge is 0.459 e. The minimum Gasteiger partial charge on any atom is -0.459 e. The number of ether oxygens (including phenoxy) is 3. The molecule has 2 aromatic rings. The van der Waals surface area contributed by atoms with Crippen LogP contribution in [0.5, 0.6) is 0 Å². The van der Waals surface area contributed by atoms with Gasteiger partial charge in [-0.3, -0.25) is 0 Å². The average molecular weight is 376 g/mol. The zero-order valence-corrected chi connectivity index (χ0v) is 14.5. The highest BCUT2D eigenvalue weighted by molar-refractivity contribution is 5.89. The van der Waals surface area contributed by atoms with Crippen molar-refractivity contribution in [3.8, 4) is 0 Å². The maximum atomic E-state index is 14.6. The molecule has 1 fully saturated rings. The van der Waals surface area contributed by atoms with Crippen LogP contribution in [-0.2, 0) is 14.2 Å². The molecule has 0 bridgehead atoms. The SMILES string of the molecule is O.O=C(OC[C@H]1OCC[C@@H](OC(=O)c2ccccc2)[C@@H]1F)c1ccccc1. The minimum atomic E-state index is -1.57. The Balaban J connectivity index is 0.00000261. The van der Waals surface area contributed by atoms with Gasteiger partial charge < -0.3 is 19.7 Å². The van der Waals surface area contributed by atoms with Crippen molar-refractivity contribution in [3.63, 3.8) is 0 Å². The van der Waals surface area contributed by atoms with E-state index < -0.39 is 30.3 Å². The van der Waals surface area contributed by atoms with E-state index in [2.05, 4.69) is 0 Å². The molecule has 1 aliphatic heterocycles. The molecule has 0 radical (unpaired) electrons. The van der Waals surface area contributed by atoms with Gasteiger partial charge in [-0.1, -0.05) is 36.4 Å². The van der Waals surface area contributed by atoms with Crippen LogP contribution in [0.1, 0.15) is 27.1 Å². The Morgan fingerprint density at radius 1 is 0.963 bits per heavy atom. The fourth-order valence-corrected chi connectivity index (χ4v) is 2.69. The summed E-state index contributed by atoms with van der Waals surface area (Å²) in [5.41, 5.74) is 0.740. The van der Waals surface area contributed by atoms with Gasteiger partial charge in [0.25, 0.3) is 0 Å². The number of carbonyl (C=O) groups is 2. The number of carbonyl (C=O) groups excluding carboxylic acids is 2. The second kappa shape index (κ2) is 9.80. The summed E-state index contributed by atoms with van der Waals surface area (Å²) in [5, 5.41) is 0. The van der Waals surface area contributed by atoms with Gasteiger partial charge in [0.05, 0.1) is 17.7 Å². The molecular weight excluding hydrogens is 355 g/mol. The summed E-state index contributed by atoms with van der Waals surface area (Å²) in [7, 11) is 0. The van der Waals surface area contributed by atoms with E-state index in [1.54, 1.807) is 60.7 Å². The summed E-state index contributed by atoms with van der Waals surface area (Å²) in [6.07, 6.45) is -3.22. The number of rotatable bonds is 5. The fraction of sp³-hybridized carbons (Fsp3) is 0.300. The van der Waals surface area contributed by atoms with Crippen molar-refractivity contribution in [2.45, 2.75) is 24.8 Å². The zero-order chi connectivity index (χ0) is 18.4. The lowest BCUT2D eigenvalue weighted by molar-refractivity contribution is -0.124. The molecule has 2 N–H and O–H groups in total. The Kier molecular flexibility index (Phi) is 7.45. The molecule has 3 rings (SSSR count). The van der Waals surface area contributed by atoms with Crippen molar-refractivity contribution in [3.05, 3.63) is 71.8 Å². The molecule has 0 aromatic heterocycles. The maximum Gasteiger partial charge on any atom is 0.338 e. The van der Waals surface area contributed by atoms with Crippen LogP contribution in [0.2, 0.25) is 0 Å². The van der Waals surface area contributed by atoms with Crippen LogP contribution < -0.4 is 0 Å². The highest BCUT2D eigenvalue weighted by Crippen LogP contribution is 2.23. The van der Waals surface area contributed by atoms with E-state index in [9.17, 15) is 14.0 Å². The van der Waals surface area contributed by atoms with Crippen molar-refractivity contribution in [2.75, 3.05) is 13.2 Å². The summed E-state index contributed by atoms with van der Waals surface area (Å²) in [6.45, 7) is -0.0189. The quantitative estimate of drug-likeness (QED) is 0.747. The summed E-state index contributed by atoms with van der Waals surface area (Å²) < 4.78 is 30.4. The lowest BCUT2D eigenvalue weighted by Crippen LogP contribution is -2.46. The van der Waals surface area contributed by atoms with Crippen LogP contribution in [0.25, 0.3) is 0 Å². The third-order valence-corrected chi connectivity index (χ3v) is 4.10. The van der Waals surface area contributed by atoms with Gasteiger partial charge in [-0.2, -0.15) is 0 Å². The van der Waals surface area contributed by atoms with E-state index in [-0.39, 0.29) is 25.1 Å². The highest BCUT2D eigenvalue weighted by Gasteiger charge is 2.38. The van der Waals surface area contributed by atoms with Crippen molar-refractivity contribution >= 4 is 11.9 Å². The Morgan fingerprint density at radius 2 is 1.52 bits per heavy atom. The molecule has 144 valence electrons. The zero-order valence-electron chi connectivity index (χ0n) is 14.5. The first-order chi connectivity index (χ1) is 12.6. The van der Waals surface area contributed by atoms with E-state index in [0.717, 1.165) is 0 Å². The van der Waals surface area contributed by atoms with E-state index in [0.29, 0.717) is 11.1 Å². The Bertz CT molecular complexity index is 737. The summed E-state index contributed by atoms with van der Waals surface area (Å²) >= 11 is 0. The molecule has 2 aromatic carbocycles. The predicted molar refractivity (Wildman–Crippen MR) is 95.2 cm³/mol. The standard InChI is InChI=1S/C20H19FO5.H2O/c21-18-16(26-20(23)15-9-5-2-6-10-15)11-12-24-17(18)13-25-19(22)14-7-3-1-4-8-14;/h1-10,16-18H,11-13H2;1H2/t16-,17-,18+;/m1./s1. The molecule has 0 amide bonds. The first-order valence-electron chi connectivity index (χ1n) is 8.39. The highest BCUT2D eigenvalue weighted by atomic mass is 19.1. The molecule has 3 atom stereocenters. The molecule has 7 heteroatoms. The molecule has 0 aliphatic carbocycles. The molecule has 0 spiro atoms. The van der Waals surface area contributed by atoms with Crippen LogP contribution >= 0.6 is 0 Å². The van der Waals surface area contributed by atoms with Gasteiger partial charge in [0.1, 0.15) is 18.8 Å². The first kappa shape index (κ1) is 20.5. The van der Waals surface area contributed by atoms with Crippen LogP contribution in [0, 0.1) is 0 Å². The summed E-state index contributed by atoms with van der Waals surface area (Å²) in [6, 6.07) is 16.8. The van der Waals surface area contributed by atoms with Gasteiger partial charge >= 0.3 is 11.9 Å². The van der Waals surface area contributed by atoms with Gasteiger partial charge in [-0.05, 0) is 24.3 Å². The van der Waals surface area contributed by atoms with Crippen molar-refractivity contribution in [1.29, 1.82) is 0 Å².